The standard InChI is InChI=1S/C20H20N4O4S/c1-23(2)14-5-3-13(4-6-14)12-21-22-20-24(15-7-9-16(25)10-8-15)19(28)17(29-20)11-18(26)27/h3-10,12,17,25H,11H2,1-2H3,(H,26,27)/p-1/b21-12-,22-20-/t17-/m1/s1. The summed E-state index contributed by atoms with van der Waals surface area (Å²) in [7, 11) is 3.90. The van der Waals surface area contributed by atoms with Crippen molar-refractivity contribution >= 4 is 46.4 Å². The van der Waals surface area contributed by atoms with Crippen molar-refractivity contribution in [1.29, 1.82) is 0 Å². The molecule has 150 valence electrons. The second-order valence-electron chi connectivity index (χ2n) is 6.49. The summed E-state index contributed by atoms with van der Waals surface area (Å²) in [6, 6.07) is 13.6. The summed E-state index contributed by atoms with van der Waals surface area (Å²) in [4.78, 5) is 26.9. The number of carboxylic acids is 1. The van der Waals surface area contributed by atoms with E-state index in [1.807, 2.05) is 43.3 Å². The van der Waals surface area contributed by atoms with Gasteiger partial charge in [0.1, 0.15) is 5.75 Å². The molecular formula is C20H19N4O4S-. The van der Waals surface area contributed by atoms with E-state index in [1.54, 1.807) is 18.3 Å². The Kier molecular flexibility index (Phi) is 6.18. The number of aliphatic carboxylic acids is 1. The minimum atomic E-state index is -1.31. The summed E-state index contributed by atoms with van der Waals surface area (Å²) in [5.74, 6) is -1.68. The highest BCUT2D eigenvalue weighted by Crippen LogP contribution is 2.34. The zero-order valence-electron chi connectivity index (χ0n) is 15.8. The molecule has 1 fully saturated rings. The predicted octanol–water partition coefficient (Wildman–Crippen LogP) is 1.44. The van der Waals surface area contributed by atoms with E-state index in [1.165, 1.54) is 17.0 Å². The lowest BCUT2D eigenvalue weighted by Gasteiger charge is -2.16. The van der Waals surface area contributed by atoms with Gasteiger partial charge in [-0.25, -0.2) is 0 Å². The predicted molar refractivity (Wildman–Crippen MR) is 112 cm³/mol. The van der Waals surface area contributed by atoms with Crippen molar-refractivity contribution in [3.63, 3.8) is 0 Å². The van der Waals surface area contributed by atoms with E-state index in [0.717, 1.165) is 23.0 Å². The van der Waals surface area contributed by atoms with Crippen molar-refractivity contribution in [1.82, 2.24) is 0 Å². The highest BCUT2D eigenvalue weighted by molar-refractivity contribution is 8.16. The Bertz CT molecular complexity index is 955. The van der Waals surface area contributed by atoms with Crippen LogP contribution in [0.2, 0.25) is 0 Å². The lowest BCUT2D eigenvalue weighted by atomic mass is 10.2. The van der Waals surface area contributed by atoms with Gasteiger partial charge in [-0.05, 0) is 42.0 Å². The van der Waals surface area contributed by atoms with Gasteiger partial charge < -0.3 is 19.9 Å². The van der Waals surface area contributed by atoms with Crippen LogP contribution in [0.15, 0.2) is 58.7 Å². The molecule has 0 aromatic heterocycles. The van der Waals surface area contributed by atoms with E-state index < -0.39 is 23.5 Å². The SMILES string of the molecule is CN(C)c1ccc(/C=N\N=C2/S[C@H](CC(=O)[O-])C(=O)N2c2ccc(O)cc2)cc1. The molecule has 2 aromatic carbocycles. The molecule has 1 amide bonds. The molecule has 1 aliphatic rings. The Balaban J connectivity index is 1.85. The minimum absolute atomic E-state index is 0.0528. The van der Waals surface area contributed by atoms with Crippen molar-refractivity contribution in [2.24, 2.45) is 10.2 Å². The number of rotatable bonds is 6. The van der Waals surface area contributed by atoms with Crippen LogP contribution in [0.1, 0.15) is 12.0 Å². The van der Waals surface area contributed by atoms with Gasteiger partial charge >= 0.3 is 0 Å². The van der Waals surface area contributed by atoms with Crippen molar-refractivity contribution in [2.45, 2.75) is 11.7 Å². The molecule has 1 heterocycles. The zero-order chi connectivity index (χ0) is 21.0. The first-order valence-corrected chi connectivity index (χ1v) is 9.61. The monoisotopic (exact) mass is 411 g/mol. The third-order valence-electron chi connectivity index (χ3n) is 4.15. The number of aromatic hydroxyl groups is 1. The summed E-state index contributed by atoms with van der Waals surface area (Å²) in [6.07, 6.45) is 1.13. The number of nitrogens with zero attached hydrogens (tertiary/aromatic N) is 4. The Morgan fingerprint density at radius 1 is 1.21 bits per heavy atom. The summed E-state index contributed by atoms with van der Waals surface area (Å²) < 4.78 is 0. The number of carbonyl (C=O) groups excluding carboxylic acids is 2. The maximum atomic E-state index is 12.7. The second-order valence-corrected chi connectivity index (χ2v) is 7.66. The van der Waals surface area contributed by atoms with Crippen molar-refractivity contribution in [3.8, 4) is 5.75 Å². The van der Waals surface area contributed by atoms with Crippen LogP contribution in [0.25, 0.3) is 0 Å². The first-order valence-electron chi connectivity index (χ1n) is 8.73. The van der Waals surface area contributed by atoms with Crippen LogP contribution in [-0.2, 0) is 9.59 Å². The van der Waals surface area contributed by atoms with Gasteiger partial charge in [-0.15, -0.1) is 5.10 Å². The van der Waals surface area contributed by atoms with E-state index in [0.29, 0.717) is 5.69 Å². The molecule has 0 radical (unpaired) electrons. The fourth-order valence-electron chi connectivity index (χ4n) is 2.66. The smallest absolute Gasteiger partial charge is 0.247 e. The van der Waals surface area contributed by atoms with Crippen LogP contribution in [0.4, 0.5) is 11.4 Å². The van der Waals surface area contributed by atoms with Gasteiger partial charge in [-0.2, -0.15) is 5.10 Å². The molecule has 1 saturated heterocycles. The lowest BCUT2D eigenvalue weighted by molar-refractivity contribution is -0.305. The van der Waals surface area contributed by atoms with Gasteiger partial charge in [0.2, 0.25) is 5.91 Å². The molecule has 0 bridgehead atoms. The fourth-order valence-corrected chi connectivity index (χ4v) is 3.74. The van der Waals surface area contributed by atoms with Crippen molar-refractivity contribution < 1.29 is 19.8 Å². The molecule has 1 N–H and O–H groups in total. The number of benzene rings is 2. The number of carboxylic acid groups (broad SMARTS) is 1. The first-order chi connectivity index (χ1) is 13.8. The van der Waals surface area contributed by atoms with Gasteiger partial charge in [0.15, 0.2) is 5.17 Å². The number of thioether (sulfide) groups is 1. The van der Waals surface area contributed by atoms with Gasteiger partial charge in [0, 0.05) is 32.2 Å². The number of carbonyl (C=O) groups is 2. The van der Waals surface area contributed by atoms with E-state index in [2.05, 4.69) is 10.2 Å². The molecular weight excluding hydrogens is 392 g/mol. The number of amidine groups is 1. The van der Waals surface area contributed by atoms with Crippen LogP contribution in [0.3, 0.4) is 0 Å². The first kappa shape index (κ1) is 20.4. The van der Waals surface area contributed by atoms with Gasteiger partial charge in [-0.1, -0.05) is 23.9 Å². The molecule has 1 aliphatic heterocycles. The van der Waals surface area contributed by atoms with Gasteiger partial charge in [0.25, 0.3) is 0 Å². The zero-order valence-corrected chi connectivity index (χ0v) is 16.7. The summed E-state index contributed by atoms with van der Waals surface area (Å²) in [5.41, 5.74) is 2.34. The van der Waals surface area contributed by atoms with Gasteiger partial charge in [-0.3, -0.25) is 9.69 Å². The number of hydrogen-bond acceptors (Lipinski definition) is 8. The Morgan fingerprint density at radius 3 is 2.45 bits per heavy atom. The highest BCUT2D eigenvalue weighted by Gasteiger charge is 2.39. The van der Waals surface area contributed by atoms with Crippen molar-refractivity contribution in [3.05, 3.63) is 54.1 Å². The van der Waals surface area contributed by atoms with E-state index in [9.17, 15) is 19.8 Å². The van der Waals surface area contributed by atoms with E-state index in [-0.39, 0.29) is 10.9 Å². The number of phenols is 1. The van der Waals surface area contributed by atoms with Gasteiger partial charge in [0.05, 0.1) is 17.2 Å². The fraction of sp³-hybridized carbons (Fsp3) is 0.200. The number of anilines is 2. The Hall–Kier alpha value is -3.33. The average molecular weight is 411 g/mol. The molecule has 1 atom stereocenters. The van der Waals surface area contributed by atoms with Crippen molar-refractivity contribution in [2.75, 3.05) is 23.9 Å². The van der Waals surface area contributed by atoms with Crippen LogP contribution < -0.4 is 14.9 Å². The molecule has 3 rings (SSSR count). The summed E-state index contributed by atoms with van der Waals surface area (Å²) in [5, 5.41) is 28.0. The third-order valence-corrected chi connectivity index (χ3v) is 5.28. The Morgan fingerprint density at radius 2 is 1.86 bits per heavy atom. The molecule has 0 saturated carbocycles. The normalized spacial score (nSPS) is 18.0. The maximum absolute atomic E-state index is 12.7. The number of hydrogen-bond donors (Lipinski definition) is 1. The summed E-state index contributed by atoms with van der Waals surface area (Å²) >= 11 is 1.02. The molecule has 29 heavy (non-hydrogen) atoms. The molecule has 9 heteroatoms. The Labute approximate surface area is 172 Å². The van der Waals surface area contributed by atoms with E-state index in [4.69, 9.17) is 0 Å². The average Bonchev–Trinajstić information content (AvgIpc) is 2.98. The molecule has 2 aromatic rings. The quantitative estimate of drug-likeness (QED) is 0.569. The number of amides is 1. The molecule has 0 unspecified atom stereocenters. The van der Waals surface area contributed by atoms with E-state index >= 15 is 0 Å². The second kappa shape index (κ2) is 8.78. The minimum Gasteiger partial charge on any atom is -0.550 e. The molecule has 8 nitrogen and oxygen atoms in total. The number of phenolic OH excluding ortho intramolecular Hbond substituents is 1. The van der Waals surface area contributed by atoms with Crippen LogP contribution >= 0.6 is 11.8 Å². The molecule has 0 aliphatic carbocycles. The largest absolute Gasteiger partial charge is 0.550 e. The molecule has 0 spiro atoms. The lowest BCUT2D eigenvalue weighted by Crippen LogP contribution is -2.35. The van der Waals surface area contributed by atoms with Crippen LogP contribution in [-0.4, -0.2) is 47.7 Å². The topological polar surface area (TPSA) is 109 Å². The third kappa shape index (κ3) is 4.94. The summed E-state index contributed by atoms with van der Waals surface area (Å²) in [6.45, 7) is 0. The maximum Gasteiger partial charge on any atom is 0.247 e. The highest BCUT2D eigenvalue weighted by atomic mass is 32.2. The van der Waals surface area contributed by atoms with Crippen LogP contribution in [0, 0.1) is 0 Å². The van der Waals surface area contributed by atoms with Crippen LogP contribution in [0.5, 0.6) is 5.75 Å².